The van der Waals surface area contributed by atoms with Gasteiger partial charge in [-0.25, -0.2) is 0 Å². The molecule has 0 saturated heterocycles. The van der Waals surface area contributed by atoms with Crippen molar-refractivity contribution in [3.05, 3.63) is 45.8 Å². The maximum atomic E-state index is 2.54. The fourth-order valence-corrected chi connectivity index (χ4v) is 10.1. The van der Waals surface area contributed by atoms with Gasteiger partial charge in [0.25, 0.3) is 0 Å². The van der Waals surface area contributed by atoms with E-state index in [2.05, 4.69) is 52.0 Å². The molecule has 0 aliphatic heterocycles. The first-order valence-corrected chi connectivity index (χ1v) is 10.3. The lowest BCUT2D eigenvalue weighted by molar-refractivity contribution is 0.983. The van der Waals surface area contributed by atoms with E-state index in [9.17, 15) is 0 Å². The molecule has 2 rings (SSSR count). The van der Waals surface area contributed by atoms with Gasteiger partial charge in [0.05, 0.1) is 0 Å². The molecule has 104 valence electrons. The van der Waals surface area contributed by atoms with E-state index in [-0.39, 0.29) is 0 Å². The van der Waals surface area contributed by atoms with Gasteiger partial charge >= 0.3 is 0 Å². The average Bonchev–Trinajstić information content (AvgIpc) is 2.98. The second-order valence-electron chi connectivity index (χ2n) is 6.06. The van der Waals surface area contributed by atoms with E-state index in [1.54, 1.807) is 21.5 Å². The van der Waals surface area contributed by atoms with Crippen LogP contribution in [0.15, 0.2) is 45.8 Å². The molecule has 2 aliphatic rings. The van der Waals surface area contributed by atoms with Crippen LogP contribution in [0.1, 0.15) is 53.4 Å². The molecule has 0 atom stereocenters. The predicted octanol–water partition coefficient (Wildman–Crippen LogP) is 5.89. The van der Waals surface area contributed by atoms with Gasteiger partial charge < -0.3 is 0 Å². The summed E-state index contributed by atoms with van der Waals surface area (Å²) in [4.78, 5) is 0. The van der Waals surface area contributed by atoms with Crippen molar-refractivity contribution in [3.8, 4) is 0 Å². The van der Waals surface area contributed by atoms with E-state index >= 15 is 0 Å². The van der Waals surface area contributed by atoms with Crippen LogP contribution in [0.3, 0.4) is 0 Å². The zero-order valence-electron chi connectivity index (χ0n) is 13.1. The van der Waals surface area contributed by atoms with Crippen LogP contribution < -0.4 is 0 Å². The molecule has 0 saturated carbocycles. The topological polar surface area (TPSA) is 0 Å². The lowest BCUT2D eigenvalue weighted by atomic mass is 10.3. The summed E-state index contributed by atoms with van der Waals surface area (Å²) in [5.74, 6) is 0. The van der Waals surface area contributed by atoms with Crippen LogP contribution in [0.4, 0.5) is 0 Å². The molecule has 0 nitrogen and oxygen atoms in total. The number of rotatable bonds is 6. The van der Waals surface area contributed by atoms with Crippen molar-refractivity contribution in [2.45, 2.75) is 65.5 Å². The van der Waals surface area contributed by atoms with E-state index in [1.807, 2.05) is 0 Å². The number of hydrogen-bond donors (Lipinski definition) is 0. The normalized spacial score (nSPS) is 19.2. The summed E-state index contributed by atoms with van der Waals surface area (Å²) in [6.45, 7) is 9.39. The standard InChI is InChI=1S/C18H28Si/c1-5-13-19(14-6-2,17-11-7-9-15(17)3)18-12-8-10-16(18)4/h9-12H,5-8,13-14H2,1-4H3. The molecule has 0 radical (unpaired) electrons. The van der Waals surface area contributed by atoms with E-state index in [0.717, 1.165) is 0 Å². The molecule has 0 amide bonds. The zero-order chi connectivity index (χ0) is 13.9. The third-order valence-electron chi connectivity index (χ3n) is 4.73. The Morgan fingerprint density at radius 3 is 1.47 bits per heavy atom. The van der Waals surface area contributed by atoms with E-state index in [4.69, 9.17) is 0 Å². The fraction of sp³-hybridized carbons (Fsp3) is 0.556. The summed E-state index contributed by atoms with van der Waals surface area (Å²) < 4.78 is 0. The van der Waals surface area contributed by atoms with Gasteiger partial charge in [0.2, 0.25) is 0 Å². The Morgan fingerprint density at radius 1 is 0.789 bits per heavy atom. The quantitative estimate of drug-likeness (QED) is 0.529. The Kier molecular flexibility index (Phi) is 4.67. The first-order chi connectivity index (χ1) is 9.15. The van der Waals surface area contributed by atoms with Crippen molar-refractivity contribution in [1.29, 1.82) is 0 Å². The van der Waals surface area contributed by atoms with Crippen molar-refractivity contribution >= 4 is 8.07 Å². The Hall–Kier alpha value is -0.823. The Balaban J connectivity index is 2.48. The summed E-state index contributed by atoms with van der Waals surface area (Å²) in [7, 11) is -1.47. The minimum absolute atomic E-state index is 1.17. The molecule has 0 aromatic rings. The average molecular weight is 273 g/mol. The molecule has 0 spiro atoms. The van der Waals surface area contributed by atoms with Crippen molar-refractivity contribution in [2.75, 3.05) is 0 Å². The molecule has 0 bridgehead atoms. The highest BCUT2D eigenvalue weighted by Gasteiger charge is 2.41. The minimum atomic E-state index is -1.47. The number of hydrogen-bond acceptors (Lipinski definition) is 0. The van der Waals surface area contributed by atoms with Crippen LogP contribution in [0.5, 0.6) is 0 Å². The maximum absolute atomic E-state index is 2.54. The summed E-state index contributed by atoms with van der Waals surface area (Å²) in [5, 5.41) is 3.52. The van der Waals surface area contributed by atoms with Gasteiger partial charge in [-0.15, -0.1) is 0 Å². The molecule has 0 aromatic carbocycles. The van der Waals surface area contributed by atoms with Gasteiger partial charge in [-0.3, -0.25) is 0 Å². The highest BCUT2D eigenvalue weighted by molar-refractivity contribution is 6.94. The Morgan fingerprint density at radius 2 is 1.21 bits per heavy atom. The zero-order valence-corrected chi connectivity index (χ0v) is 14.1. The first kappa shape index (κ1) is 14.6. The van der Waals surface area contributed by atoms with Gasteiger partial charge in [0, 0.05) is 0 Å². The van der Waals surface area contributed by atoms with Crippen LogP contribution in [-0.2, 0) is 0 Å². The van der Waals surface area contributed by atoms with Crippen molar-refractivity contribution in [3.63, 3.8) is 0 Å². The minimum Gasteiger partial charge on any atom is -0.0808 e. The van der Waals surface area contributed by atoms with Crippen LogP contribution >= 0.6 is 0 Å². The fourth-order valence-electron chi connectivity index (χ4n) is 4.06. The van der Waals surface area contributed by atoms with E-state index < -0.39 is 8.07 Å². The maximum Gasteiger partial charge on any atom is 0.118 e. The monoisotopic (exact) mass is 272 g/mol. The van der Waals surface area contributed by atoms with Crippen LogP contribution in [0.2, 0.25) is 12.1 Å². The molecular formula is C18H28Si. The highest BCUT2D eigenvalue weighted by atomic mass is 28.3. The van der Waals surface area contributed by atoms with Crippen molar-refractivity contribution in [1.82, 2.24) is 0 Å². The van der Waals surface area contributed by atoms with E-state index in [1.165, 1.54) is 37.8 Å². The molecule has 0 aromatic heterocycles. The lowest BCUT2D eigenvalue weighted by Gasteiger charge is -2.36. The molecule has 0 N–H and O–H groups in total. The summed E-state index contributed by atoms with van der Waals surface area (Å²) >= 11 is 0. The molecule has 19 heavy (non-hydrogen) atoms. The molecule has 0 unspecified atom stereocenters. The molecule has 1 heteroatoms. The van der Waals surface area contributed by atoms with Gasteiger partial charge in [-0.05, 0) is 38.8 Å². The van der Waals surface area contributed by atoms with Crippen molar-refractivity contribution < 1.29 is 0 Å². The third kappa shape index (κ3) is 2.58. The van der Waals surface area contributed by atoms with Gasteiger partial charge in [-0.1, -0.05) is 72.5 Å². The summed E-state index contributed by atoms with van der Waals surface area (Å²) in [6.07, 6.45) is 14.9. The SMILES string of the molecule is CCC[Si](CCC)(C1=CCC=C1C)C1=CCC=C1C. The molecular weight excluding hydrogens is 244 g/mol. The molecule has 0 heterocycles. The van der Waals surface area contributed by atoms with Crippen LogP contribution in [-0.4, -0.2) is 8.07 Å². The molecule has 2 aliphatic carbocycles. The van der Waals surface area contributed by atoms with E-state index in [0.29, 0.717) is 0 Å². The van der Waals surface area contributed by atoms with Gasteiger partial charge in [0.15, 0.2) is 0 Å². The smallest absolute Gasteiger partial charge is 0.0808 e. The highest BCUT2D eigenvalue weighted by Crippen LogP contribution is 2.44. The summed E-state index contributed by atoms with van der Waals surface area (Å²) in [5.41, 5.74) is 3.16. The predicted molar refractivity (Wildman–Crippen MR) is 88.9 cm³/mol. The third-order valence-corrected chi connectivity index (χ3v) is 10.7. The van der Waals surface area contributed by atoms with Gasteiger partial charge in [0.1, 0.15) is 8.07 Å². The Bertz CT molecular complexity index is 416. The lowest BCUT2D eigenvalue weighted by Crippen LogP contribution is -2.40. The van der Waals surface area contributed by atoms with Crippen LogP contribution in [0.25, 0.3) is 0 Å². The van der Waals surface area contributed by atoms with Crippen LogP contribution in [0, 0.1) is 0 Å². The largest absolute Gasteiger partial charge is 0.118 e. The number of allylic oxidation sites excluding steroid dienone is 8. The Labute approximate surface area is 120 Å². The summed E-state index contributed by atoms with van der Waals surface area (Å²) in [6, 6.07) is 2.85. The second-order valence-corrected chi connectivity index (χ2v) is 10.3. The molecule has 0 fully saturated rings. The second kappa shape index (κ2) is 6.09. The van der Waals surface area contributed by atoms with Crippen molar-refractivity contribution in [2.24, 2.45) is 0 Å². The van der Waals surface area contributed by atoms with Gasteiger partial charge in [-0.2, -0.15) is 0 Å². The first-order valence-electron chi connectivity index (χ1n) is 7.91.